The van der Waals surface area contributed by atoms with Gasteiger partial charge in [0, 0.05) is 25.2 Å². The number of nitrogens with zero attached hydrogens (tertiary/aromatic N) is 1. The Morgan fingerprint density at radius 3 is 2.55 bits per heavy atom. The lowest BCUT2D eigenvalue weighted by molar-refractivity contribution is -0.119. The summed E-state index contributed by atoms with van der Waals surface area (Å²) in [6.07, 6.45) is 0.929. The molecule has 1 aliphatic rings. The van der Waals surface area contributed by atoms with Gasteiger partial charge in [-0.1, -0.05) is 24.3 Å². The molecule has 0 atom stereocenters. The van der Waals surface area contributed by atoms with Crippen molar-refractivity contribution in [2.24, 2.45) is 5.73 Å². The van der Waals surface area contributed by atoms with E-state index >= 15 is 0 Å². The van der Waals surface area contributed by atoms with Crippen LogP contribution in [0.1, 0.15) is 30.9 Å². The first-order valence-corrected chi connectivity index (χ1v) is 9.78. The Morgan fingerprint density at radius 1 is 1.17 bits per heavy atom. The molecule has 0 aromatic heterocycles. The normalized spacial score (nSPS) is 16.4. The van der Waals surface area contributed by atoms with E-state index in [-0.39, 0.29) is 12.4 Å². The maximum atomic E-state index is 14.1. The summed E-state index contributed by atoms with van der Waals surface area (Å²) in [5.41, 5.74) is 5.40. The number of primary amides is 1. The van der Waals surface area contributed by atoms with Gasteiger partial charge in [-0.3, -0.25) is 9.69 Å². The lowest BCUT2D eigenvalue weighted by atomic mass is 9.84. The molecule has 0 aliphatic carbocycles. The molecule has 6 nitrogen and oxygen atoms in total. The first-order valence-electron chi connectivity index (χ1n) is 9.78. The minimum Gasteiger partial charge on any atom is -0.490 e. The van der Waals surface area contributed by atoms with Crippen LogP contribution in [0.2, 0.25) is 0 Å². The Bertz CT molecular complexity index is 850. The number of carbonyl (C=O) groups is 1. The van der Waals surface area contributed by atoms with Gasteiger partial charge in [-0.2, -0.15) is 0 Å². The molecule has 1 aliphatic heterocycles. The number of halogens is 1. The summed E-state index contributed by atoms with van der Waals surface area (Å²) >= 11 is 0. The first-order chi connectivity index (χ1) is 13.9. The fourth-order valence-electron chi connectivity index (χ4n) is 3.63. The number of amides is 1. The van der Waals surface area contributed by atoms with Crippen LogP contribution in [0.25, 0.3) is 0 Å². The van der Waals surface area contributed by atoms with Crippen molar-refractivity contribution in [3.05, 3.63) is 59.4 Å². The van der Waals surface area contributed by atoms with E-state index in [1.165, 1.54) is 6.07 Å². The largest absolute Gasteiger partial charge is 0.490 e. The summed E-state index contributed by atoms with van der Waals surface area (Å²) in [4.78, 5) is 13.2. The number of nitrogens with two attached hydrogens (primary N) is 1. The molecule has 0 saturated carbocycles. The van der Waals surface area contributed by atoms with Gasteiger partial charge < -0.3 is 20.3 Å². The number of likely N-dealkylation sites (tertiary alicyclic amines) is 1. The molecule has 0 unspecified atom stereocenters. The second-order valence-electron chi connectivity index (χ2n) is 7.26. The van der Waals surface area contributed by atoms with Crippen LogP contribution >= 0.6 is 0 Å². The molecule has 29 heavy (non-hydrogen) atoms. The zero-order valence-corrected chi connectivity index (χ0v) is 16.6. The summed E-state index contributed by atoms with van der Waals surface area (Å²) in [7, 11) is 0. The van der Waals surface area contributed by atoms with Crippen LogP contribution in [0.3, 0.4) is 0 Å². The van der Waals surface area contributed by atoms with Crippen molar-refractivity contribution in [2.75, 3.05) is 26.3 Å². The van der Waals surface area contributed by atoms with Gasteiger partial charge in [0.25, 0.3) is 5.91 Å². The van der Waals surface area contributed by atoms with Crippen LogP contribution in [0.4, 0.5) is 4.39 Å². The van der Waals surface area contributed by atoms with Gasteiger partial charge in [0.05, 0.1) is 12.2 Å². The maximum Gasteiger partial charge on any atom is 0.255 e. The van der Waals surface area contributed by atoms with Crippen molar-refractivity contribution in [1.82, 2.24) is 4.90 Å². The minimum atomic E-state index is -1.13. The van der Waals surface area contributed by atoms with Crippen molar-refractivity contribution in [3.63, 3.8) is 0 Å². The summed E-state index contributed by atoms with van der Waals surface area (Å²) in [6, 6.07) is 12.0. The van der Waals surface area contributed by atoms with Crippen molar-refractivity contribution >= 4 is 5.91 Å². The van der Waals surface area contributed by atoms with Gasteiger partial charge in [0.15, 0.2) is 18.1 Å². The van der Waals surface area contributed by atoms with E-state index in [9.17, 15) is 14.3 Å². The molecule has 1 saturated heterocycles. The molecule has 7 heteroatoms. The standard InChI is InChI=1S/C22H27FN2O4/c1-2-28-20-13-16(7-8-19(20)29-15-21(24)26)14-25-11-9-22(27,10-12-25)17-5-3-4-6-18(17)23/h3-8,13,27H,2,9-12,14-15H2,1H3,(H2,24,26). The molecule has 3 rings (SSSR count). The van der Waals surface area contributed by atoms with Gasteiger partial charge in [0.2, 0.25) is 0 Å². The van der Waals surface area contributed by atoms with Gasteiger partial charge in [-0.25, -0.2) is 4.39 Å². The summed E-state index contributed by atoms with van der Waals surface area (Å²) in [5, 5.41) is 10.9. The molecule has 0 bridgehead atoms. The smallest absolute Gasteiger partial charge is 0.255 e. The van der Waals surface area contributed by atoms with Crippen molar-refractivity contribution in [3.8, 4) is 11.5 Å². The Hall–Kier alpha value is -2.64. The van der Waals surface area contributed by atoms with Crippen LogP contribution in [0, 0.1) is 5.82 Å². The number of aliphatic hydroxyl groups is 1. The second-order valence-corrected chi connectivity index (χ2v) is 7.26. The number of ether oxygens (including phenoxy) is 2. The summed E-state index contributed by atoms with van der Waals surface area (Å²) < 4.78 is 25.1. The number of carbonyl (C=O) groups excluding carboxylic acids is 1. The molecule has 3 N–H and O–H groups in total. The van der Waals surface area contributed by atoms with Crippen molar-refractivity contribution in [1.29, 1.82) is 0 Å². The van der Waals surface area contributed by atoms with E-state index in [0.29, 0.717) is 56.1 Å². The Labute approximate surface area is 170 Å². The maximum absolute atomic E-state index is 14.1. The molecule has 2 aromatic rings. The van der Waals surface area contributed by atoms with Crippen LogP contribution < -0.4 is 15.2 Å². The zero-order valence-electron chi connectivity index (χ0n) is 16.6. The topological polar surface area (TPSA) is 85.0 Å². The Kier molecular flexibility index (Phi) is 6.71. The highest BCUT2D eigenvalue weighted by Crippen LogP contribution is 2.35. The molecule has 0 radical (unpaired) electrons. The monoisotopic (exact) mass is 402 g/mol. The van der Waals surface area contributed by atoms with Crippen LogP contribution in [-0.4, -0.2) is 42.2 Å². The Balaban J connectivity index is 1.64. The van der Waals surface area contributed by atoms with E-state index in [2.05, 4.69) is 4.90 Å². The lowest BCUT2D eigenvalue weighted by Gasteiger charge is -2.38. The minimum absolute atomic E-state index is 0.208. The third kappa shape index (κ3) is 5.25. The van der Waals surface area contributed by atoms with Crippen LogP contribution in [-0.2, 0) is 16.9 Å². The van der Waals surface area contributed by atoms with Crippen LogP contribution in [0.15, 0.2) is 42.5 Å². The highest BCUT2D eigenvalue weighted by molar-refractivity contribution is 5.75. The van der Waals surface area contributed by atoms with Gasteiger partial charge in [0.1, 0.15) is 5.82 Å². The third-order valence-corrected chi connectivity index (χ3v) is 5.14. The van der Waals surface area contributed by atoms with Gasteiger partial charge >= 0.3 is 0 Å². The van der Waals surface area contributed by atoms with Crippen molar-refractivity contribution in [2.45, 2.75) is 31.9 Å². The predicted octanol–water partition coefficient (Wildman–Crippen LogP) is 2.57. The molecule has 156 valence electrons. The van der Waals surface area contributed by atoms with Crippen LogP contribution in [0.5, 0.6) is 11.5 Å². The summed E-state index contributed by atoms with van der Waals surface area (Å²) in [6.45, 7) is 4.10. The number of hydrogen-bond donors (Lipinski definition) is 2. The molecular weight excluding hydrogens is 375 g/mol. The fraction of sp³-hybridized carbons (Fsp3) is 0.409. The quantitative estimate of drug-likeness (QED) is 0.709. The Morgan fingerprint density at radius 2 is 1.90 bits per heavy atom. The SMILES string of the molecule is CCOc1cc(CN2CCC(O)(c3ccccc3F)CC2)ccc1OCC(N)=O. The van der Waals surface area contributed by atoms with E-state index in [4.69, 9.17) is 15.2 Å². The first kappa shape index (κ1) is 21.1. The van der Waals surface area contributed by atoms with E-state index in [1.54, 1.807) is 24.3 Å². The predicted molar refractivity (Wildman–Crippen MR) is 107 cm³/mol. The number of rotatable bonds is 8. The number of hydrogen-bond acceptors (Lipinski definition) is 5. The van der Waals surface area contributed by atoms with E-state index < -0.39 is 11.5 Å². The molecule has 1 heterocycles. The summed E-state index contributed by atoms with van der Waals surface area (Å²) in [5.74, 6) is 0.122. The number of piperidine rings is 1. The second kappa shape index (κ2) is 9.24. The highest BCUT2D eigenvalue weighted by atomic mass is 19.1. The third-order valence-electron chi connectivity index (χ3n) is 5.14. The molecule has 1 amide bonds. The lowest BCUT2D eigenvalue weighted by Crippen LogP contribution is -2.42. The molecule has 1 fully saturated rings. The average Bonchev–Trinajstić information content (AvgIpc) is 2.70. The fourth-order valence-corrected chi connectivity index (χ4v) is 3.63. The molecule has 0 spiro atoms. The van der Waals surface area contributed by atoms with E-state index in [1.807, 2.05) is 19.1 Å². The number of benzene rings is 2. The van der Waals surface area contributed by atoms with E-state index in [0.717, 1.165) is 5.56 Å². The zero-order chi connectivity index (χ0) is 20.9. The molecule has 2 aromatic carbocycles. The average molecular weight is 402 g/mol. The highest BCUT2D eigenvalue weighted by Gasteiger charge is 2.35. The van der Waals surface area contributed by atoms with Crippen molar-refractivity contribution < 1.29 is 23.8 Å². The van der Waals surface area contributed by atoms with Gasteiger partial charge in [-0.15, -0.1) is 0 Å². The molecular formula is C22H27FN2O4. The van der Waals surface area contributed by atoms with Gasteiger partial charge in [-0.05, 0) is 43.5 Å².